The van der Waals surface area contributed by atoms with E-state index in [0.29, 0.717) is 11.8 Å². The Kier molecular flexibility index (Phi) is 16.0. The normalized spacial score (nSPS) is 11.7. The number of hydrogen-bond donors (Lipinski definition) is 0. The second-order valence-corrected chi connectivity index (χ2v) is 5.40. The van der Waals surface area contributed by atoms with Crippen LogP contribution >= 0.6 is 0 Å². The van der Waals surface area contributed by atoms with E-state index < -0.39 is 0 Å². The average Bonchev–Trinajstić information content (AvgIpc) is 2.51. The fourth-order valence-electron chi connectivity index (χ4n) is 2.16. The standard InChI is InChI=1S/C16H34O5/c1-17-9-5-15(6-10-18-2)13-21-14-16(7-11-19-3)8-12-20-4/h15-16H,5-14H2,1-4H3. The first-order valence-electron chi connectivity index (χ1n) is 7.81. The van der Waals surface area contributed by atoms with E-state index in [-0.39, 0.29) is 0 Å². The first-order valence-corrected chi connectivity index (χ1v) is 7.81. The molecule has 0 saturated carbocycles. The highest BCUT2D eigenvalue weighted by molar-refractivity contribution is 4.61. The second kappa shape index (κ2) is 16.2. The molecule has 128 valence electrons. The summed E-state index contributed by atoms with van der Waals surface area (Å²) in [7, 11) is 6.94. The summed E-state index contributed by atoms with van der Waals surface area (Å²) in [5.74, 6) is 0.991. The van der Waals surface area contributed by atoms with Crippen LogP contribution in [-0.4, -0.2) is 68.1 Å². The molecule has 0 unspecified atom stereocenters. The predicted molar refractivity (Wildman–Crippen MR) is 83.8 cm³/mol. The maximum atomic E-state index is 5.92. The Balaban J connectivity index is 3.96. The third-order valence-corrected chi connectivity index (χ3v) is 3.63. The first kappa shape index (κ1) is 20.8. The molecule has 21 heavy (non-hydrogen) atoms. The zero-order valence-electron chi connectivity index (χ0n) is 14.3. The third-order valence-electron chi connectivity index (χ3n) is 3.63. The van der Waals surface area contributed by atoms with Crippen LogP contribution in [0.1, 0.15) is 25.7 Å². The highest BCUT2D eigenvalue weighted by Crippen LogP contribution is 2.14. The van der Waals surface area contributed by atoms with Crippen molar-refractivity contribution in [1.82, 2.24) is 0 Å². The van der Waals surface area contributed by atoms with Crippen molar-refractivity contribution >= 4 is 0 Å². The molecule has 0 amide bonds. The fourth-order valence-corrected chi connectivity index (χ4v) is 2.16. The molecule has 0 spiro atoms. The maximum Gasteiger partial charge on any atom is 0.0496 e. The molecule has 0 atom stereocenters. The molecule has 0 N–H and O–H groups in total. The summed E-state index contributed by atoms with van der Waals surface area (Å²) < 4.78 is 26.6. The Morgan fingerprint density at radius 3 is 1.05 bits per heavy atom. The lowest BCUT2D eigenvalue weighted by Gasteiger charge is -2.20. The van der Waals surface area contributed by atoms with Gasteiger partial charge in [0.05, 0.1) is 0 Å². The summed E-state index contributed by atoms with van der Waals surface area (Å²) in [6, 6.07) is 0. The minimum atomic E-state index is 0.496. The smallest absolute Gasteiger partial charge is 0.0496 e. The lowest BCUT2D eigenvalue weighted by Crippen LogP contribution is -2.19. The summed E-state index contributed by atoms with van der Waals surface area (Å²) >= 11 is 0. The molecule has 0 fully saturated rings. The Bertz CT molecular complexity index is 165. The second-order valence-electron chi connectivity index (χ2n) is 5.40. The molecular weight excluding hydrogens is 272 g/mol. The summed E-state index contributed by atoms with van der Waals surface area (Å²) in [5.41, 5.74) is 0. The van der Waals surface area contributed by atoms with Gasteiger partial charge in [0, 0.05) is 68.1 Å². The highest BCUT2D eigenvalue weighted by Gasteiger charge is 2.12. The van der Waals surface area contributed by atoms with Crippen LogP contribution < -0.4 is 0 Å². The molecule has 0 bridgehead atoms. The van der Waals surface area contributed by atoms with Crippen LogP contribution in [0.2, 0.25) is 0 Å². The summed E-state index contributed by atoms with van der Waals surface area (Å²) in [6.45, 7) is 4.62. The van der Waals surface area contributed by atoms with Crippen LogP contribution in [0, 0.1) is 11.8 Å². The van der Waals surface area contributed by atoms with E-state index >= 15 is 0 Å². The lowest BCUT2D eigenvalue weighted by molar-refractivity contribution is 0.0318. The molecule has 0 aromatic carbocycles. The van der Waals surface area contributed by atoms with Crippen LogP contribution in [0.4, 0.5) is 0 Å². The van der Waals surface area contributed by atoms with E-state index in [1.54, 1.807) is 28.4 Å². The summed E-state index contributed by atoms with van der Waals surface area (Å²) in [4.78, 5) is 0. The van der Waals surface area contributed by atoms with Gasteiger partial charge in [0.1, 0.15) is 0 Å². The van der Waals surface area contributed by atoms with Gasteiger partial charge in [-0.15, -0.1) is 0 Å². The number of hydrogen-bond acceptors (Lipinski definition) is 5. The topological polar surface area (TPSA) is 46.2 Å². The molecule has 0 aliphatic rings. The van der Waals surface area contributed by atoms with Gasteiger partial charge in [0.2, 0.25) is 0 Å². The van der Waals surface area contributed by atoms with Gasteiger partial charge in [-0.25, -0.2) is 0 Å². The lowest BCUT2D eigenvalue weighted by atomic mass is 10.0. The van der Waals surface area contributed by atoms with Gasteiger partial charge < -0.3 is 23.7 Å². The monoisotopic (exact) mass is 306 g/mol. The van der Waals surface area contributed by atoms with Crippen molar-refractivity contribution in [3.8, 4) is 0 Å². The summed E-state index contributed by atoms with van der Waals surface area (Å²) in [6.07, 6.45) is 4.06. The molecular formula is C16H34O5. The van der Waals surface area contributed by atoms with E-state index in [9.17, 15) is 0 Å². The van der Waals surface area contributed by atoms with Crippen LogP contribution in [-0.2, 0) is 23.7 Å². The Morgan fingerprint density at radius 2 is 0.810 bits per heavy atom. The SMILES string of the molecule is COCCC(CCOC)COCC(CCOC)CCOC. The number of ether oxygens (including phenoxy) is 5. The molecule has 0 saturated heterocycles. The van der Waals surface area contributed by atoms with Crippen LogP contribution in [0.5, 0.6) is 0 Å². The van der Waals surface area contributed by atoms with E-state index in [0.717, 1.165) is 65.3 Å². The molecule has 0 aromatic rings. The Labute approximate surface area is 130 Å². The van der Waals surface area contributed by atoms with E-state index in [1.165, 1.54) is 0 Å². The van der Waals surface area contributed by atoms with Gasteiger partial charge in [-0.2, -0.15) is 0 Å². The van der Waals surface area contributed by atoms with E-state index in [2.05, 4.69) is 0 Å². The van der Waals surface area contributed by atoms with Crippen LogP contribution in [0.25, 0.3) is 0 Å². The van der Waals surface area contributed by atoms with Crippen molar-refractivity contribution in [3.63, 3.8) is 0 Å². The Hall–Kier alpha value is -0.200. The Morgan fingerprint density at radius 1 is 0.524 bits per heavy atom. The van der Waals surface area contributed by atoms with Crippen molar-refractivity contribution in [3.05, 3.63) is 0 Å². The largest absolute Gasteiger partial charge is 0.385 e. The van der Waals surface area contributed by atoms with Gasteiger partial charge in [-0.05, 0) is 37.5 Å². The van der Waals surface area contributed by atoms with Crippen molar-refractivity contribution in [1.29, 1.82) is 0 Å². The first-order chi connectivity index (χ1) is 10.3. The zero-order valence-corrected chi connectivity index (χ0v) is 14.3. The minimum absolute atomic E-state index is 0.496. The third kappa shape index (κ3) is 13.2. The van der Waals surface area contributed by atoms with Gasteiger partial charge in [-0.1, -0.05) is 0 Å². The maximum absolute atomic E-state index is 5.92. The molecule has 5 nitrogen and oxygen atoms in total. The van der Waals surface area contributed by atoms with Crippen molar-refractivity contribution < 1.29 is 23.7 Å². The van der Waals surface area contributed by atoms with Crippen molar-refractivity contribution in [2.75, 3.05) is 68.1 Å². The molecule has 0 radical (unpaired) electrons. The van der Waals surface area contributed by atoms with Crippen molar-refractivity contribution in [2.45, 2.75) is 25.7 Å². The van der Waals surface area contributed by atoms with Crippen molar-refractivity contribution in [2.24, 2.45) is 11.8 Å². The van der Waals surface area contributed by atoms with Gasteiger partial charge in [0.25, 0.3) is 0 Å². The number of methoxy groups -OCH3 is 4. The summed E-state index contributed by atoms with van der Waals surface area (Å²) in [5, 5.41) is 0. The van der Waals surface area contributed by atoms with E-state index in [4.69, 9.17) is 23.7 Å². The van der Waals surface area contributed by atoms with Crippen LogP contribution in [0.3, 0.4) is 0 Å². The molecule has 0 aromatic heterocycles. The van der Waals surface area contributed by atoms with Gasteiger partial charge in [-0.3, -0.25) is 0 Å². The zero-order chi connectivity index (χ0) is 15.8. The van der Waals surface area contributed by atoms with Gasteiger partial charge in [0.15, 0.2) is 0 Å². The number of rotatable bonds is 16. The predicted octanol–water partition coefficient (Wildman–Crippen LogP) is 2.38. The fraction of sp³-hybridized carbons (Fsp3) is 1.00. The molecule has 0 heterocycles. The van der Waals surface area contributed by atoms with Gasteiger partial charge >= 0.3 is 0 Å². The quantitative estimate of drug-likeness (QED) is 0.438. The molecule has 0 rings (SSSR count). The average molecular weight is 306 g/mol. The van der Waals surface area contributed by atoms with Crippen LogP contribution in [0.15, 0.2) is 0 Å². The highest BCUT2D eigenvalue weighted by atomic mass is 16.5. The molecule has 0 aliphatic heterocycles. The molecule has 0 aliphatic carbocycles. The molecule has 5 heteroatoms. The minimum Gasteiger partial charge on any atom is -0.385 e. The van der Waals surface area contributed by atoms with E-state index in [1.807, 2.05) is 0 Å².